The number of carbonyl (C=O) groups excluding carboxylic acids is 2. The van der Waals surface area contributed by atoms with Crippen LogP contribution in [0.2, 0.25) is 0 Å². The van der Waals surface area contributed by atoms with Crippen LogP contribution >= 0.6 is 0 Å². The maximum absolute atomic E-state index is 12.6. The number of hydrogen-bond acceptors (Lipinski definition) is 4. The number of amides is 1. The molecule has 0 fully saturated rings. The van der Waals surface area contributed by atoms with Crippen molar-refractivity contribution < 1.29 is 19.1 Å². The molecule has 0 bridgehead atoms. The third-order valence-corrected chi connectivity index (χ3v) is 3.70. The van der Waals surface area contributed by atoms with Gasteiger partial charge in [0, 0.05) is 12.5 Å². The molecule has 5 nitrogen and oxygen atoms in total. The Labute approximate surface area is 171 Å². The Bertz CT molecular complexity index is 630. The zero-order chi connectivity index (χ0) is 22.3. The standard InChI is InChI=1S/C21H33NO4.C2H6/c1-14-10-15(2)16(3)17(11-14)12-22(19(24)26-21(7,8)9)13-18(23)25-20(4,5)6;1-2/h10-11,16H,2,12-13H2,1,3-9H3;1-2H3. The van der Waals surface area contributed by atoms with Gasteiger partial charge in [-0.15, -0.1) is 0 Å². The summed E-state index contributed by atoms with van der Waals surface area (Å²) in [6.45, 7) is 23.0. The number of carbonyl (C=O) groups is 2. The van der Waals surface area contributed by atoms with Crippen LogP contribution < -0.4 is 0 Å². The van der Waals surface area contributed by atoms with E-state index in [0.29, 0.717) is 6.54 Å². The third kappa shape index (κ3) is 9.77. The van der Waals surface area contributed by atoms with Crippen LogP contribution in [0, 0.1) is 5.92 Å². The van der Waals surface area contributed by atoms with Crippen molar-refractivity contribution in [2.45, 2.75) is 80.4 Å². The molecule has 0 aromatic carbocycles. The van der Waals surface area contributed by atoms with Crippen LogP contribution in [0.4, 0.5) is 4.79 Å². The second-order valence-electron chi connectivity index (χ2n) is 8.83. The van der Waals surface area contributed by atoms with E-state index in [9.17, 15) is 9.59 Å². The normalized spacial score (nSPS) is 16.9. The summed E-state index contributed by atoms with van der Waals surface area (Å²) in [7, 11) is 0. The van der Waals surface area contributed by atoms with E-state index >= 15 is 0 Å². The topological polar surface area (TPSA) is 55.8 Å². The lowest BCUT2D eigenvalue weighted by atomic mass is 9.86. The molecule has 0 N–H and O–H groups in total. The Morgan fingerprint density at radius 1 is 1.04 bits per heavy atom. The predicted molar refractivity (Wildman–Crippen MR) is 115 cm³/mol. The smallest absolute Gasteiger partial charge is 0.411 e. The highest BCUT2D eigenvalue weighted by molar-refractivity contribution is 5.78. The molecular weight excluding hydrogens is 354 g/mol. The summed E-state index contributed by atoms with van der Waals surface area (Å²) in [6, 6.07) is 0. The molecule has 1 unspecified atom stereocenters. The zero-order valence-corrected chi connectivity index (χ0v) is 19.4. The summed E-state index contributed by atoms with van der Waals surface area (Å²) >= 11 is 0. The Morgan fingerprint density at radius 2 is 1.54 bits per heavy atom. The fraction of sp³-hybridized carbons (Fsp3) is 0.652. The van der Waals surface area contributed by atoms with Crippen LogP contribution in [-0.4, -0.2) is 41.3 Å². The van der Waals surface area contributed by atoms with Crippen molar-refractivity contribution >= 4 is 12.1 Å². The van der Waals surface area contributed by atoms with E-state index in [-0.39, 0.29) is 12.5 Å². The van der Waals surface area contributed by atoms with Gasteiger partial charge in [0.1, 0.15) is 17.7 Å². The monoisotopic (exact) mass is 393 g/mol. The van der Waals surface area contributed by atoms with Gasteiger partial charge in [0.05, 0.1) is 0 Å². The summed E-state index contributed by atoms with van der Waals surface area (Å²) in [5, 5.41) is 0. The molecule has 0 spiro atoms. The highest BCUT2D eigenvalue weighted by Gasteiger charge is 2.28. The number of rotatable bonds is 4. The van der Waals surface area contributed by atoms with E-state index in [1.807, 2.05) is 39.8 Å². The first kappa shape index (κ1) is 26.0. The summed E-state index contributed by atoms with van der Waals surface area (Å²) in [5.74, 6) is -0.360. The first-order valence-corrected chi connectivity index (χ1v) is 9.95. The number of nitrogens with zero attached hydrogens (tertiary/aromatic N) is 1. The van der Waals surface area contributed by atoms with Crippen molar-refractivity contribution in [3.63, 3.8) is 0 Å². The van der Waals surface area contributed by atoms with Crippen LogP contribution in [0.15, 0.2) is 35.5 Å². The first-order chi connectivity index (χ1) is 12.7. The average Bonchev–Trinajstić information content (AvgIpc) is 2.49. The summed E-state index contributed by atoms with van der Waals surface area (Å²) < 4.78 is 10.8. The van der Waals surface area contributed by atoms with Crippen molar-refractivity contribution in [3.05, 3.63) is 35.5 Å². The molecule has 0 aromatic rings. The molecule has 5 heteroatoms. The first-order valence-electron chi connectivity index (χ1n) is 9.95. The van der Waals surface area contributed by atoms with E-state index in [1.165, 1.54) is 4.90 Å². The molecule has 1 rings (SSSR count). The van der Waals surface area contributed by atoms with E-state index in [4.69, 9.17) is 9.47 Å². The number of esters is 1. The fourth-order valence-corrected chi connectivity index (χ4v) is 2.56. The SMILES string of the molecule is C=C1C=C(C)C=C(CN(CC(=O)OC(C)(C)C)C(=O)OC(C)(C)C)C1C.CC. The average molecular weight is 394 g/mol. The van der Waals surface area contributed by atoms with Crippen LogP contribution in [0.25, 0.3) is 0 Å². The highest BCUT2D eigenvalue weighted by Crippen LogP contribution is 2.28. The van der Waals surface area contributed by atoms with Gasteiger partial charge in [-0.3, -0.25) is 9.69 Å². The van der Waals surface area contributed by atoms with E-state index in [2.05, 4.69) is 6.58 Å². The van der Waals surface area contributed by atoms with Gasteiger partial charge >= 0.3 is 12.1 Å². The van der Waals surface area contributed by atoms with Crippen molar-refractivity contribution in [2.24, 2.45) is 5.92 Å². The third-order valence-electron chi connectivity index (χ3n) is 3.70. The number of hydrogen-bond donors (Lipinski definition) is 0. The van der Waals surface area contributed by atoms with Crippen LogP contribution in [0.3, 0.4) is 0 Å². The number of ether oxygens (including phenoxy) is 2. The molecule has 0 saturated carbocycles. The van der Waals surface area contributed by atoms with E-state index < -0.39 is 23.3 Å². The molecule has 0 aliphatic heterocycles. The summed E-state index contributed by atoms with van der Waals surface area (Å²) in [4.78, 5) is 26.3. The zero-order valence-electron chi connectivity index (χ0n) is 19.4. The van der Waals surface area contributed by atoms with Gasteiger partial charge in [-0.2, -0.15) is 0 Å². The van der Waals surface area contributed by atoms with Crippen molar-refractivity contribution in [1.82, 2.24) is 4.90 Å². The molecule has 0 aromatic heterocycles. The Kier molecular flexibility index (Phi) is 9.73. The molecule has 1 amide bonds. The molecule has 1 atom stereocenters. The lowest BCUT2D eigenvalue weighted by molar-refractivity contribution is -0.155. The van der Waals surface area contributed by atoms with Crippen LogP contribution in [-0.2, 0) is 14.3 Å². The minimum Gasteiger partial charge on any atom is -0.459 e. The molecular formula is C23H39NO4. The van der Waals surface area contributed by atoms with Gasteiger partial charge < -0.3 is 9.47 Å². The van der Waals surface area contributed by atoms with Gasteiger partial charge in [0.15, 0.2) is 0 Å². The minimum atomic E-state index is -0.644. The van der Waals surface area contributed by atoms with E-state index in [1.54, 1.807) is 41.5 Å². The van der Waals surface area contributed by atoms with Crippen LogP contribution in [0.5, 0.6) is 0 Å². The van der Waals surface area contributed by atoms with Crippen molar-refractivity contribution in [1.29, 1.82) is 0 Å². The summed E-state index contributed by atoms with van der Waals surface area (Å²) in [5.41, 5.74) is 1.83. The van der Waals surface area contributed by atoms with Gasteiger partial charge in [-0.25, -0.2) is 4.79 Å². The fourth-order valence-electron chi connectivity index (χ4n) is 2.56. The summed E-state index contributed by atoms with van der Waals surface area (Å²) in [6.07, 6.45) is 3.53. The highest BCUT2D eigenvalue weighted by atomic mass is 16.6. The quantitative estimate of drug-likeness (QED) is 0.577. The number of allylic oxidation sites excluding steroid dienone is 4. The largest absolute Gasteiger partial charge is 0.459 e. The lowest BCUT2D eigenvalue weighted by Crippen LogP contribution is -2.43. The van der Waals surface area contributed by atoms with E-state index in [0.717, 1.165) is 16.7 Å². The Morgan fingerprint density at radius 3 is 2.00 bits per heavy atom. The maximum atomic E-state index is 12.6. The Hall–Kier alpha value is -2.04. The molecule has 0 saturated heterocycles. The molecule has 0 radical (unpaired) electrons. The molecule has 28 heavy (non-hydrogen) atoms. The lowest BCUT2D eigenvalue weighted by Gasteiger charge is -2.31. The molecule has 1 aliphatic carbocycles. The Balaban J connectivity index is 0.00000352. The van der Waals surface area contributed by atoms with Crippen molar-refractivity contribution in [2.75, 3.05) is 13.1 Å². The van der Waals surface area contributed by atoms with Crippen molar-refractivity contribution in [3.8, 4) is 0 Å². The van der Waals surface area contributed by atoms with Crippen LogP contribution in [0.1, 0.15) is 69.2 Å². The van der Waals surface area contributed by atoms with Gasteiger partial charge in [-0.1, -0.05) is 45.1 Å². The molecule has 1 aliphatic rings. The second-order valence-corrected chi connectivity index (χ2v) is 8.83. The maximum Gasteiger partial charge on any atom is 0.411 e. The van der Waals surface area contributed by atoms with Gasteiger partial charge in [-0.05, 0) is 59.6 Å². The molecule has 0 heterocycles. The van der Waals surface area contributed by atoms with Gasteiger partial charge in [0.2, 0.25) is 0 Å². The predicted octanol–water partition coefficient (Wildman–Crippen LogP) is 5.67. The van der Waals surface area contributed by atoms with Gasteiger partial charge in [0.25, 0.3) is 0 Å². The second kappa shape index (κ2) is 10.5. The minimum absolute atomic E-state index is 0.0993. The molecule has 160 valence electrons.